The van der Waals surface area contributed by atoms with Crippen LogP contribution in [0.15, 0.2) is 78.1 Å². The van der Waals surface area contributed by atoms with Crippen molar-refractivity contribution in [2.75, 3.05) is 16.0 Å². The van der Waals surface area contributed by atoms with E-state index in [1.165, 1.54) is 18.2 Å². The molecule has 5 rings (SSSR count). The number of pyridine rings is 1. The molecular weight excluding hydrogens is 775 g/mol. The third-order valence-corrected chi connectivity index (χ3v) is 6.18. The number of nitrogens with zero attached hydrogens (tertiary/aromatic N) is 7. The van der Waals surface area contributed by atoms with E-state index in [1.807, 2.05) is 31.0 Å². The maximum Gasteiger partial charge on any atom is 0.251 e. The minimum absolute atomic E-state index is 0. The minimum atomic E-state index is -0.503. The number of benzene rings is 1. The first kappa shape index (κ1) is 34.2. The van der Waals surface area contributed by atoms with Crippen LogP contribution in [0.1, 0.15) is 24.9 Å². The summed E-state index contributed by atoms with van der Waals surface area (Å²) < 4.78 is 18.8. The fourth-order valence-corrected chi connectivity index (χ4v) is 3.91. The van der Waals surface area contributed by atoms with Crippen molar-refractivity contribution in [1.82, 2.24) is 34.1 Å². The molecule has 0 spiro atoms. The average Bonchev–Trinajstić information content (AvgIpc) is 3.55. The molecule has 0 amide bonds. The topological polar surface area (TPSA) is 121 Å². The Labute approximate surface area is 273 Å². The lowest BCUT2D eigenvalue weighted by molar-refractivity contribution is 0.541. The van der Waals surface area contributed by atoms with Gasteiger partial charge in [-0.05, 0) is 47.2 Å². The molecular formula is C27H31ClFI2N9O. The molecule has 218 valence electrons. The van der Waals surface area contributed by atoms with Gasteiger partial charge in [-0.2, -0.15) is 10.2 Å². The Kier molecular flexibility index (Phi) is 13.7. The quantitative estimate of drug-likeness (QED) is 0.154. The van der Waals surface area contributed by atoms with E-state index in [1.54, 1.807) is 64.0 Å². The van der Waals surface area contributed by atoms with Gasteiger partial charge in [-0.25, -0.2) is 14.4 Å². The highest BCUT2D eigenvalue weighted by Crippen LogP contribution is 2.25. The molecule has 1 aromatic carbocycles. The number of alkyl halides is 1. The van der Waals surface area contributed by atoms with E-state index < -0.39 is 5.82 Å². The van der Waals surface area contributed by atoms with Crippen molar-refractivity contribution in [3.63, 3.8) is 0 Å². The summed E-state index contributed by atoms with van der Waals surface area (Å²) >= 11 is 7.94. The Morgan fingerprint density at radius 1 is 1.02 bits per heavy atom. The van der Waals surface area contributed by atoms with Crippen molar-refractivity contribution in [2.45, 2.75) is 19.4 Å². The summed E-state index contributed by atoms with van der Waals surface area (Å²) in [4.78, 5) is 23.6. The molecule has 41 heavy (non-hydrogen) atoms. The van der Waals surface area contributed by atoms with Crippen molar-refractivity contribution in [3.05, 3.63) is 100 Å². The molecule has 0 saturated carbocycles. The molecule has 0 aliphatic carbocycles. The van der Waals surface area contributed by atoms with Crippen LogP contribution < -0.4 is 16.6 Å². The monoisotopic (exact) mass is 805 g/mol. The molecule has 3 N–H and O–H groups in total. The van der Waals surface area contributed by atoms with Crippen LogP contribution in [0.2, 0.25) is 5.02 Å². The van der Waals surface area contributed by atoms with Crippen molar-refractivity contribution >= 4 is 75.8 Å². The van der Waals surface area contributed by atoms with Gasteiger partial charge in [0.15, 0.2) is 0 Å². The van der Waals surface area contributed by atoms with E-state index in [9.17, 15) is 9.18 Å². The molecule has 0 aliphatic heterocycles. The van der Waals surface area contributed by atoms with Crippen LogP contribution in [0.4, 0.5) is 22.0 Å². The zero-order chi connectivity index (χ0) is 29.2. The van der Waals surface area contributed by atoms with Crippen molar-refractivity contribution in [3.8, 4) is 11.3 Å². The van der Waals surface area contributed by atoms with E-state index in [0.717, 1.165) is 5.82 Å². The molecule has 0 unspecified atom stereocenters. The summed E-state index contributed by atoms with van der Waals surface area (Å²) in [6.07, 6.45) is 7.27. The SMILES string of the molecule is CC[C@H](c1ccc(Cl)c(F)c1)n1ccc(-c2ccnc(Nc3ccnn3C)n2)cc1=O.CI.Cn1nccc1N.I. The fraction of sp³-hybridized carbons (Fsp3) is 0.222. The van der Waals surface area contributed by atoms with Crippen molar-refractivity contribution in [1.29, 1.82) is 0 Å². The lowest BCUT2D eigenvalue weighted by Crippen LogP contribution is -2.24. The zero-order valence-corrected chi connectivity index (χ0v) is 28.1. The second-order valence-corrected chi connectivity index (χ2v) is 8.78. The average molecular weight is 806 g/mol. The molecule has 0 fully saturated rings. The van der Waals surface area contributed by atoms with E-state index in [4.69, 9.17) is 17.3 Å². The first-order chi connectivity index (χ1) is 19.3. The molecule has 5 aromatic rings. The summed E-state index contributed by atoms with van der Waals surface area (Å²) in [5.41, 5.74) is 7.08. The Balaban J connectivity index is 0.000000508. The Bertz CT molecular complexity index is 1590. The van der Waals surface area contributed by atoms with Gasteiger partial charge in [0, 0.05) is 44.2 Å². The number of aromatic nitrogens is 7. The molecule has 0 radical (unpaired) electrons. The number of halogens is 4. The number of rotatable bonds is 6. The number of nitrogen functional groups attached to an aromatic ring is 1. The molecule has 0 saturated heterocycles. The normalized spacial score (nSPS) is 10.8. The van der Waals surface area contributed by atoms with Crippen LogP contribution in [-0.2, 0) is 14.1 Å². The zero-order valence-electron chi connectivity index (χ0n) is 22.9. The van der Waals surface area contributed by atoms with Crippen molar-refractivity contribution < 1.29 is 4.39 Å². The van der Waals surface area contributed by atoms with Crippen LogP contribution in [0.25, 0.3) is 11.3 Å². The van der Waals surface area contributed by atoms with Crippen LogP contribution in [0.5, 0.6) is 0 Å². The summed E-state index contributed by atoms with van der Waals surface area (Å²) in [7, 11) is 3.61. The van der Waals surface area contributed by atoms with E-state index >= 15 is 0 Å². The minimum Gasteiger partial charge on any atom is -0.384 e. The highest BCUT2D eigenvalue weighted by atomic mass is 127. The number of hydrogen-bond acceptors (Lipinski definition) is 7. The first-order valence-electron chi connectivity index (χ1n) is 12.1. The summed E-state index contributed by atoms with van der Waals surface area (Å²) in [6.45, 7) is 1.94. The van der Waals surface area contributed by atoms with Gasteiger partial charge in [0.2, 0.25) is 5.95 Å². The second-order valence-electron chi connectivity index (χ2n) is 8.37. The van der Waals surface area contributed by atoms with Crippen molar-refractivity contribution in [2.24, 2.45) is 14.1 Å². The predicted octanol–water partition coefficient (Wildman–Crippen LogP) is 6.25. The van der Waals surface area contributed by atoms with E-state index in [2.05, 4.69) is 48.1 Å². The summed E-state index contributed by atoms with van der Waals surface area (Å²) in [6, 6.07) is 12.9. The molecule has 0 bridgehead atoms. The maximum atomic E-state index is 13.9. The van der Waals surface area contributed by atoms with Gasteiger partial charge < -0.3 is 15.6 Å². The highest BCUT2D eigenvalue weighted by molar-refractivity contribution is 14.1. The van der Waals surface area contributed by atoms with Gasteiger partial charge >= 0.3 is 0 Å². The molecule has 10 nitrogen and oxygen atoms in total. The van der Waals surface area contributed by atoms with E-state index in [0.29, 0.717) is 35.0 Å². The first-order valence-corrected chi connectivity index (χ1v) is 14.7. The molecule has 4 aromatic heterocycles. The van der Waals surface area contributed by atoms with Gasteiger partial charge in [0.1, 0.15) is 17.5 Å². The number of anilines is 3. The van der Waals surface area contributed by atoms with Crippen LogP contribution >= 0.6 is 58.2 Å². The highest BCUT2D eigenvalue weighted by Gasteiger charge is 2.16. The van der Waals surface area contributed by atoms with Gasteiger partial charge in [-0.3, -0.25) is 14.2 Å². The third kappa shape index (κ3) is 8.97. The fourth-order valence-electron chi connectivity index (χ4n) is 3.79. The van der Waals surface area contributed by atoms with Crippen LogP contribution in [0.3, 0.4) is 0 Å². The standard InChI is InChI=1S/C22H20ClFN6O.C4H7N3.CH3I.HI/c1-3-19(15-4-5-16(23)17(24)12-15)30-11-8-14(13-21(30)31)18-6-9-25-22(27-18)28-20-7-10-26-29(20)2;1-7-4(5)2-3-6-7;1-2;/h4-13,19H,3H2,1-2H3,(H,25,27,28);2-3H,5H2,1H3;1H3;1H/t19-;;;/m1.../s1. The number of aryl methyl sites for hydroxylation is 2. The van der Waals surface area contributed by atoms with Gasteiger partial charge in [0.05, 0.1) is 29.2 Å². The predicted molar refractivity (Wildman–Crippen MR) is 181 cm³/mol. The largest absolute Gasteiger partial charge is 0.384 e. The lowest BCUT2D eigenvalue weighted by Gasteiger charge is -2.19. The Morgan fingerprint density at radius 3 is 2.27 bits per heavy atom. The number of hydrogen-bond donors (Lipinski definition) is 2. The number of nitrogens with one attached hydrogen (secondary N) is 1. The smallest absolute Gasteiger partial charge is 0.251 e. The van der Waals surface area contributed by atoms with Gasteiger partial charge in [0.25, 0.3) is 5.56 Å². The maximum absolute atomic E-state index is 13.9. The summed E-state index contributed by atoms with van der Waals surface area (Å²) in [5, 5.41) is 11.1. The Morgan fingerprint density at radius 2 is 1.73 bits per heavy atom. The Hall–Kier alpha value is -3.05. The second kappa shape index (κ2) is 16.4. The van der Waals surface area contributed by atoms with Gasteiger partial charge in [-0.15, -0.1) is 24.0 Å². The van der Waals surface area contributed by atoms with E-state index in [-0.39, 0.29) is 40.6 Å². The molecule has 4 heterocycles. The molecule has 1 atom stereocenters. The third-order valence-electron chi connectivity index (χ3n) is 5.87. The lowest BCUT2D eigenvalue weighted by atomic mass is 10.0. The van der Waals surface area contributed by atoms with Gasteiger partial charge in [-0.1, -0.05) is 47.2 Å². The van der Waals surface area contributed by atoms with Crippen LogP contribution in [0, 0.1) is 5.82 Å². The molecule has 0 aliphatic rings. The summed E-state index contributed by atoms with van der Waals surface area (Å²) in [5.74, 6) is 1.33. The molecule has 14 heteroatoms. The number of nitrogens with two attached hydrogens (primary N) is 1. The van der Waals surface area contributed by atoms with Crippen LogP contribution in [-0.4, -0.2) is 39.0 Å².